The van der Waals surface area contributed by atoms with Crippen LogP contribution in [0.25, 0.3) is 0 Å². The fourth-order valence-corrected chi connectivity index (χ4v) is 1.99. The van der Waals surface area contributed by atoms with E-state index >= 15 is 0 Å². The van der Waals surface area contributed by atoms with Crippen LogP contribution in [0, 0.1) is 0 Å². The average Bonchev–Trinajstić information content (AvgIpc) is 2.82. The van der Waals surface area contributed by atoms with E-state index in [1.54, 1.807) is 4.68 Å². The van der Waals surface area contributed by atoms with Gasteiger partial charge in [-0.15, -0.1) is 0 Å². The predicted molar refractivity (Wildman–Crippen MR) is 66.9 cm³/mol. The van der Waals surface area contributed by atoms with E-state index in [1.165, 1.54) is 17.9 Å². The molecular formula is C10H16N6S. The number of aryl methyl sites for hydroxylation is 1. The molecule has 6 nitrogen and oxygen atoms in total. The molecule has 0 aliphatic carbocycles. The summed E-state index contributed by atoms with van der Waals surface area (Å²) in [5, 5.41) is 8.03. The molecule has 1 N–H and O–H groups in total. The SMILES string of the molecule is Cn1ncnc1CNc1nc(C(C)(C)C)ns1. The molecule has 0 saturated carbocycles. The third kappa shape index (κ3) is 2.79. The Morgan fingerprint density at radius 2 is 2.18 bits per heavy atom. The van der Waals surface area contributed by atoms with Crippen molar-refractivity contribution in [3.63, 3.8) is 0 Å². The zero-order chi connectivity index (χ0) is 12.5. The van der Waals surface area contributed by atoms with Gasteiger partial charge >= 0.3 is 0 Å². The highest BCUT2D eigenvalue weighted by Crippen LogP contribution is 2.22. The van der Waals surface area contributed by atoms with Gasteiger partial charge in [-0.2, -0.15) is 9.47 Å². The Bertz CT molecular complexity index is 495. The maximum atomic E-state index is 4.45. The first-order valence-electron chi connectivity index (χ1n) is 5.38. The zero-order valence-electron chi connectivity index (χ0n) is 10.4. The van der Waals surface area contributed by atoms with E-state index in [-0.39, 0.29) is 5.41 Å². The Balaban J connectivity index is 2.01. The molecular weight excluding hydrogens is 236 g/mol. The second-order valence-electron chi connectivity index (χ2n) is 4.83. The van der Waals surface area contributed by atoms with Gasteiger partial charge in [-0.25, -0.2) is 9.97 Å². The topological polar surface area (TPSA) is 68.5 Å². The number of hydrogen-bond donors (Lipinski definition) is 1. The summed E-state index contributed by atoms with van der Waals surface area (Å²) in [4.78, 5) is 8.58. The van der Waals surface area contributed by atoms with Gasteiger partial charge in [-0.05, 0) is 0 Å². The third-order valence-corrected chi connectivity index (χ3v) is 2.97. The molecule has 0 saturated heterocycles. The van der Waals surface area contributed by atoms with E-state index in [2.05, 4.69) is 45.5 Å². The number of anilines is 1. The van der Waals surface area contributed by atoms with Crippen LogP contribution >= 0.6 is 11.5 Å². The first kappa shape index (κ1) is 12.0. The molecule has 0 radical (unpaired) electrons. The molecule has 0 unspecified atom stereocenters. The molecule has 92 valence electrons. The Morgan fingerprint density at radius 3 is 2.71 bits per heavy atom. The van der Waals surface area contributed by atoms with E-state index in [0.717, 1.165) is 16.8 Å². The number of nitrogens with one attached hydrogen (secondary N) is 1. The molecule has 0 spiro atoms. The highest BCUT2D eigenvalue weighted by Gasteiger charge is 2.19. The fourth-order valence-electron chi connectivity index (χ4n) is 1.23. The van der Waals surface area contributed by atoms with Crippen LogP contribution in [0.5, 0.6) is 0 Å². The predicted octanol–water partition coefficient (Wildman–Crippen LogP) is 1.58. The summed E-state index contributed by atoms with van der Waals surface area (Å²) in [5.41, 5.74) is -0.0127. The monoisotopic (exact) mass is 252 g/mol. The van der Waals surface area contributed by atoms with E-state index in [0.29, 0.717) is 6.54 Å². The molecule has 2 rings (SSSR count). The van der Waals surface area contributed by atoms with Crippen LogP contribution in [0.2, 0.25) is 0 Å². The zero-order valence-corrected chi connectivity index (χ0v) is 11.2. The number of nitrogens with zero attached hydrogens (tertiary/aromatic N) is 5. The molecule has 0 atom stereocenters. The molecule has 17 heavy (non-hydrogen) atoms. The van der Waals surface area contributed by atoms with Crippen molar-refractivity contribution in [2.24, 2.45) is 7.05 Å². The van der Waals surface area contributed by atoms with Crippen LogP contribution in [-0.2, 0) is 19.0 Å². The molecule has 0 aliphatic heterocycles. The summed E-state index contributed by atoms with van der Waals surface area (Å²) in [6.45, 7) is 6.90. The van der Waals surface area contributed by atoms with Crippen molar-refractivity contribution in [2.45, 2.75) is 32.7 Å². The summed E-state index contributed by atoms with van der Waals surface area (Å²) in [6.07, 6.45) is 1.54. The Kier molecular flexibility index (Phi) is 3.10. The standard InChI is InChI=1S/C10H16N6S/c1-10(2,3)8-14-9(17-15-8)11-5-7-12-6-13-16(7)4/h6H,5H2,1-4H3,(H,11,14,15). The minimum atomic E-state index is -0.0127. The van der Waals surface area contributed by atoms with Crippen LogP contribution in [0.15, 0.2) is 6.33 Å². The summed E-state index contributed by atoms with van der Waals surface area (Å²) in [5.74, 6) is 1.74. The van der Waals surface area contributed by atoms with E-state index < -0.39 is 0 Å². The molecule has 2 heterocycles. The lowest BCUT2D eigenvalue weighted by molar-refractivity contribution is 0.555. The Hall–Kier alpha value is -1.50. The first-order chi connectivity index (χ1) is 7.97. The van der Waals surface area contributed by atoms with E-state index in [1.807, 2.05) is 7.05 Å². The van der Waals surface area contributed by atoms with Gasteiger partial charge in [0.05, 0.1) is 6.54 Å². The Labute approximate surface area is 104 Å². The number of aromatic nitrogens is 5. The highest BCUT2D eigenvalue weighted by molar-refractivity contribution is 7.09. The average molecular weight is 252 g/mol. The van der Waals surface area contributed by atoms with E-state index in [4.69, 9.17) is 0 Å². The molecule has 2 aromatic rings. The van der Waals surface area contributed by atoms with Crippen molar-refractivity contribution in [3.8, 4) is 0 Å². The van der Waals surface area contributed by atoms with Gasteiger partial charge < -0.3 is 5.32 Å². The molecule has 0 bridgehead atoms. The maximum Gasteiger partial charge on any atom is 0.202 e. The lowest BCUT2D eigenvalue weighted by Gasteiger charge is -2.12. The van der Waals surface area contributed by atoms with Crippen LogP contribution in [0.1, 0.15) is 32.4 Å². The minimum absolute atomic E-state index is 0.0127. The van der Waals surface area contributed by atoms with Crippen molar-refractivity contribution in [3.05, 3.63) is 18.0 Å². The van der Waals surface area contributed by atoms with Crippen molar-refractivity contribution >= 4 is 16.7 Å². The summed E-state index contributed by atoms with van der Waals surface area (Å²) in [7, 11) is 1.87. The van der Waals surface area contributed by atoms with Gasteiger partial charge in [-0.1, -0.05) is 20.8 Å². The fraction of sp³-hybridized carbons (Fsp3) is 0.600. The second-order valence-corrected chi connectivity index (χ2v) is 5.58. The van der Waals surface area contributed by atoms with Gasteiger partial charge in [0, 0.05) is 24.0 Å². The molecule has 0 aromatic carbocycles. The largest absolute Gasteiger partial charge is 0.353 e. The normalized spacial score (nSPS) is 11.8. The third-order valence-electron chi connectivity index (χ3n) is 2.30. The van der Waals surface area contributed by atoms with Crippen LogP contribution in [0.4, 0.5) is 5.13 Å². The highest BCUT2D eigenvalue weighted by atomic mass is 32.1. The van der Waals surface area contributed by atoms with E-state index in [9.17, 15) is 0 Å². The number of rotatable bonds is 3. The maximum absolute atomic E-state index is 4.45. The summed E-state index contributed by atoms with van der Waals surface area (Å²) in [6, 6.07) is 0. The van der Waals surface area contributed by atoms with Crippen molar-refractivity contribution in [1.82, 2.24) is 24.1 Å². The lowest BCUT2D eigenvalue weighted by atomic mass is 9.96. The van der Waals surface area contributed by atoms with Crippen molar-refractivity contribution < 1.29 is 0 Å². The van der Waals surface area contributed by atoms with Gasteiger partial charge in [0.15, 0.2) is 0 Å². The quantitative estimate of drug-likeness (QED) is 0.898. The summed E-state index contributed by atoms with van der Waals surface area (Å²) >= 11 is 1.37. The van der Waals surface area contributed by atoms with Crippen molar-refractivity contribution in [1.29, 1.82) is 0 Å². The van der Waals surface area contributed by atoms with Crippen LogP contribution in [0.3, 0.4) is 0 Å². The second kappa shape index (κ2) is 4.40. The van der Waals surface area contributed by atoms with Gasteiger partial charge in [0.2, 0.25) is 5.13 Å². The molecule has 0 amide bonds. The molecule has 0 aliphatic rings. The van der Waals surface area contributed by atoms with Gasteiger partial charge in [0.25, 0.3) is 0 Å². The van der Waals surface area contributed by atoms with Gasteiger partial charge in [-0.3, -0.25) is 4.68 Å². The summed E-state index contributed by atoms with van der Waals surface area (Å²) < 4.78 is 6.07. The first-order valence-corrected chi connectivity index (χ1v) is 6.15. The van der Waals surface area contributed by atoms with Gasteiger partial charge in [0.1, 0.15) is 18.0 Å². The Morgan fingerprint density at radius 1 is 1.41 bits per heavy atom. The van der Waals surface area contributed by atoms with Crippen LogP contribution in [-0.4, -0.2) is 24.1 Å². The van der Waals surface area contributed by atoms with Crippen molar-refractivity contribution in [2.75, 3.05) is 5.32 Å². The van der Waals surface area contributed by atoms with Crippen LogP contribution < -0.4 is 5.32 Å². The minimum Gasteiger partial charge on any atom is -0.353 e. The molecule has 7 heteroatoms. The number of hydrogen-bond acceptors (Lipinski definition) is 6. The lowest BCUT2D eigenvalue weighted by Crippen LogP contribution is -2.13. The molecule has 0 fully saturated rings. The smallest absolute Gasteiger partial charge is 0.202 e. The molecule has 2 aromatic heterocycles.